The highest BCUT2D eigenvalue weighted by Crippen LogP contribution is 2.37. The predicted octanol–water partition coefficient (Wildman–Crippen LogP) is 8.83. The zero-order valence-electron chi connectivity index (χ0n) is 18.0. The Morgan fingerprint density at radius 2 is 1.00 bits per heavy atom. The maximum absolute atomic E-state index is 12.6. The summed E-state index contributed by atoms with van der Waals surface area (Å²) < 4.78 is 113. The lowest BCUT2D eigenvalue weighted by Gasteiger charge is -2.17. The molecule has 2 aromatic rings. The molecule has 0 aliphatic heterocycles. The molecule has 0 radical (unpaired) electrons. The number of alkyl halides is 9. The molecule has 0 saturated heterocycles. The third-order valence-electron chi connectivity index (χ3n) is 4.32. The first-order chi connectivity index (χ1) is 14.4. The first-order valence-corrected chi connectivity index (χ1v) is 9.85. The standard InChI is InChI=1S/C12H12F6.C11H13F3/c1-7(2)5-8-6-9(11(13,14)15)3-4-10(8)12(16,17)18;1-8(2)7-9-5-3-4-6-10(9)11(12,13)14/h3-4,6-7H,5H2,1-2H3;3-6,8H,7H2,1-2H3. The number of hydrogen-bond donors (Lipinski definition) is 0. The van der Waals surface area contributed by atoms with E-state index in [2.05, 4.69) is 0 Å². The van der Waals surface area contributed by atoms with Crippen LogP contribution in [-0.2, 0) is 31.4 Å². The van der Waals surface area contributed by atoms with Gasteiger partial charge in [-0.1, -0.05) is 45.9 Å². The van der Waals surface area contributed by atoms with Gasteiger partial charge in [-0.15, -0.1) is 0 Å². The van der Waals surface area contributed by atoms with Crippen molar-refractivity contribution in [1.82, 2.24) is 0 Å². The summed E-state index contributed by atoms with van der Waals surface area (Å²) >= 11 is 0. The Morgan fingerprint density at radius 1 is 0.562 bits per heavy atom. The fourth-order valence-corrected chi connectivity index (χ4v) is 3.07. The Morgan fingerprint density at radius 3 is 1.44 bits per heavy atom. The van der Waals surface area contributed by atoms with Crippen molar-refractivity contribution >= 4 is 0 Å². The fraction of sp³-hybridized carbons (Fsp3) is 0.478. The van der Waals surface area contributed by atoms with E-state index < -0.39 is 35.2 Å². The molecule has 0 saturated carbocycles. The normalized spacial score (nSPS) is 12.7. The Bertz CT molecular complexity index is 857. The van der Waals surface area contributed by atoms with E-state index in [-0.39, 0.29) is 23.8 Å². The van der Waals surface area contributed by atoms with Crippen LogP contribution in [0, 0.1) is 11.8 Å². The molecule has 2 rings (SSSR count). The van der Waals surface area contributed by atoms with Gasteiger partial charge >= 0.3 is 18.5 Å². The molecular formula is C23H25F9. The first kappa shape index (κ1) is 27.8. The van der Waals surface area contributed by atoms with Crippen molar-refractivity contribution in [2.24, 2.45) is 11.8 Å². The van der Waals surface area contributed by atoms with Crippen LogP contribution in [0.25, 0.3) is 0 Å². The highest BCUT2D eigenvalue weighted by molar-refractivity contribution is 5.35. The van der Waals surface area contributed by atoms with Crippen molar-refractivity contribution < 1.29 is 39.5 Å². The Labute approximate surface area is 181 Å². The van der Waals surface area contributed by atoms with Crippen LogP contribution in [0.2, 0.25) is 0 Å². The number of benzene rings is 2. The van der Waals surface area contributed by atoms with Gasteiger partial charge < -0.3 is 0 Å². The van der Waals surface area contributed by atoms with E-state index in [1.807, 2.05) is 13.8 Å². The van der Waals surface area contributed by atoms with Crippen molar-refractivity contribution in [3.63, 3.8) is 0 Å². The van der Waals surface area contributed by atoms with E-state index in [1.54, 1.807) is 26.0 Å². The fourth-order valence-electron chi connectivity index (χ4n) is 3.07. The molecule has 0 amide bonds. The van der Waals surface area contributed by atoms with Gasteiger partial charge in [-0.25, -0.2) is 0 Å². The maximum Gasteiger partial charge on any atom is 0.416 e. The van der Waals surface area contributed by atoms with Crippen LogP contribution in [0.5, 0.6) is 0 Å². The van der Waals surface area contributed by atoms with Crippen LogP contribution < -0.4 is 0 Å². The van der Waals surface area contributed by atoms with E-state index in [0.29, 0.717) is 30.2 Å². The lowest BCUT2D eigenvalue weighted by Crippen LogP contribution is -2.14. The molecule has 0 spiro atoms. The number of hydrogen-bond acceptors (Lipinski definition) is 0. The molecule has 180 valence electrons. The van der Waals surface area contributed by atoms with Gasteiger partial charge in [0.05, 0.1) is 16.7 Å². The van der Waals surface area contributed by atoms with E-state index in [9.17, 15) is 39.5 Å². The zero-order valence-corrected chi connectivity index (χ0v) is 18.0. The third kappa shape index (κ3) is 8.74. The van der Waals surface area contributed by atoms with Crippen molar-refractivity contribution in [3.05, 3.63) is 70.3 Å². The summed E-state index contributed by atoms with van der Waals surface area (Å²) in [7, 11) is 0. The number of rotatable bonds is 4. The molecule has 0 aliphatic carbocycles. The topological polar surface area (TPSA) is 0 Å². The molecule has 0 heterocycles. The van der Waals surface area contributed by atoms with E-state index in [4.69, 9.17) is 0 Å². The molecule has 0 aromatic heterocycles. The van der Waals surface area contributed by atoms with Gasteiger partial charge in [0.25, 0.3) is 0 Å². The van der Waals surface area contributed by atoms with Crippen molar-refractivity contribution in [2.45, 2.75) is 59.1 Å². The summed E-state index contributed by atoms with van der Waals surface area (Å²) in [4.78, 5) is 0. The minimum absolute atomic E-state index is 0.0429. The summed E-state index contributed by atoms with van der Waals surface area (Å²) in [5.74, 6) is 0.0769. The van der Waals surface area contributed by atoms with Crippen LogP contribution in [-0.4, -0.2) is 0 Å². The average molecular weight is 472 g/mol. The van der Waals surface area contributed by atoms with Gasteiger partial charge in [0.2, 0.25) is 0 Å². The highest BCUT2D eigenvalue weighted by Gasteiger charge is 2.37. The zero-order chi connectivity index (χ0) is 24.9. The summed E-state index contributed by atoms with van der Waals surface area (Å²) in [6.07, 6.45) is -13.1. The third-order valence-corrected chi connectivity index (χ3v) is 4.32. The SMILES string of the molecule is CC(C)Cc1cc(C(F)(F)F)ccc1C(F)(F)F.CC(C)Cc1ccccc1C(F)(F)F. The smallest absolute Gasteiger partial charge is 0.166 e. The molecule has 0 N–H and O–H groups in total. The Hall–Kier alpha value is -2.19. The molecule has 0 aliphatic rings. The average Bonchev–Trinajstić information content (AvgIpc) is 2.59. The molecule has 2 aromatic carbocycles. The van der Waals surface area contributed by atoms with Crippen LogP contribution >= 0.6 is 0 Å². The largest absolute Gasteiger partial charge is 0.416 e. The van der Waals surface area contributed by atoms with Gasteiger partial charge in [0, 0.05) is 0 Å². The lowest BCUT2D eigenvalue weighted by molar-refractivity contribution is -0.141. The second kappa shape index (κ2) is 10.6. The van der Waals surface area contributed by atoms with Gasteiger partial charge in [-0.05, 0) is 60.1 Å². The van der Waals surface area contributed by atoms with E-state index in [1.165, 1.54) is 6.07 Å². The quantitative estimate of drug-likeness (QED) is 0.390. The van der Waals surface area contributed by atoms with Crippen molar-refractivity contribution in [1.29, 1.82) is 0 Å². The second-order valence-electron chi connectivity index (χ2n) is 8.22. The van der Waals surface area contributed by atoms with E-state index >= 15 is 0 Å². The van der Waals surface area contributed by atoms with Crippen LogP contribution in [0.15, 0.2) is 42.5 Å². The van der Waals surface area contributed by atoms with Gasteiger partial charge in [-0.3, -0.25) is 0 Å². The van der Waals surface area contributed by atoms with Crippen molar-refractivity contribution in [2.75, 3.05) is 0 Å². The van der Waals surface area contributed by atoms with E-state index in [0.717, 1.165) is 6.07 Å². The summed E-state index contributed by atoms with van der Waals surface area (Å²) in [5, 5.41) is 0. The molecule has 9 heteroatoms. The maximum atomic E-state index is 12.6. The summed E-state index contributed by atoms with van der Waals surface area (Å²) in [6.45, 7) is 7.13. The van der Waals surface area contributed by atoms with Crippen LogP contribution in [0.3, 0.4) is 0 Å². The molecule has 0 unspecified atom stereocenters. The molecule has 0 atom stereocenters. The highest BCUT2D eigenvalue weighted by atomic mass is 19.4. The Kier molecular flexibility index (Phi) is 9.24. The Balaban J connectivity index is 0.000000330. The van der Waals surface area contributed by atoms with Crippen LogP contribution in [0.1, 0.15) is 55.5 Å². The molecule has 0 bridgehead atoms. The molecule has 0 fully saturated rings. The number of halogens is 9. The summed E-state index contributed by atoms with van der Waals surface area (Å²) in [5.41, 5.74) is -2.48. The molecular weight excluding hydrogens is 447 g/mol. The molecule has 32 heavy (non-hydrogen) atoms. The van der Waals surface area contributed by atoms with Crippen molar-refractivity contribution in [3.8, 4) is 0 Å². The van der Waals surface area contributed by atoms with Gasteiger partial charge in [0.1, 0.15) is 0 Å². The first-order valence-electron chi connectivity index (χ1n) is 9.85. The van der Waals surface area contributed by atoms with Gasteiger partial charge in [-0.2, -0.15) is 39.5 Å². The minimum atomic E-state index is -4.63. The summed E-state index contributed by atoms with van der Waals surface area (Å²) in [6, 6.07) is 7.30. The molecule has 0 nitrogen and oxygen atoms in total. The van der Waals surface area contributed by atoms with Gasteiger partial charge in [0.15, 0.2) is 0 Å². The lowest BCUT2D eigenvalue weighted by atomic mass is 9.95. The van der Waals surface area contributed by atoms with Crippen LogP contribution in [0.4, 0.5) is 39.5 Å². The minimum Gasteiger partial charge on any atom is -0.166 e. The monoisotopic (exact) mass is 472 g/mol. The second-order valence-corrected chi connectivity index (χ2v) is 8.22. The predicted molar refractivity (Wildman–Crippen MR) is 105 cm³/mol.